The molecule has 0 fully saturated rings. The summed E-state index contributed by atoms with van der Waals surface area (Å²) >= 11 is 3.37. The van der Waals surface area contributed by atoms with E-state index in [0.717, 1.165) is 4.47 Å². The topological polar surface area (TPSA) is 135 Å². The molecule has 4 aromatic rings. The Morgan fingerprint density at radius 1 is 1.18 bits per heavy atom. The van der Waals surface area contributed by atoms with Crippen molar-refractivity contribution >= 4 is 33.2 Å². The van der Waals surface area contributed by atoms with Crippen molar-refractivity contribution in [2.75, 3.05) is 5.32 Å². The van der Waals surface area contributed by atoms with Crippen LogP contribution in [0.4, 0.5) is 11.4 Å². The van der Waals surface area contributed by atoms with E-state index in [0.29, 0.717) is 22.8 Å². The molecule has 3 aromatic heterocycles. The molecule has 0 radical (unpaired) electrons. The minimum Gasteiger partial charge on any atom is -0.471 e. The molecule has 0 saturated carbocycles. The molecule has 0 unspecified atom stereocenters. The van der Waals surface area contributed by atoms with Crippen LogP contribution in [0.5, 0.6) is 5.75 Å². The zero-order chi connectivity index (χ0) is 23.5. The van der Waals surface area contributed by atoms with E-state index in [1.54, 1.807) is 37.0 Å². The molecular formula is C20H19BrN8O4. The lowest BCUT2D eigenvalue weighted by atomic mass is 10.3. The van der Waals surface area contributed by atoms with Crippen LogP contribution < -0.4 is 10.1 Å². The van der Waals surface area contributed by atoms with Gasteiger partial charge in [-0.2, -0.15) is 15.3 Å². The largest absolute Gasteiger partial charge is 0.471 e. The van der Waals surface area contributed by atoms with Gasteiger partial charge in [0, 0.05) is 10.7 Å². The predicted octanol–water partition coefficient (Wildman–Crippen LogP) is 3.36. The highest BCUT2D eigenvalue weighted by Gasteiger charge is 2.22. The molecule has 0 bridgehead atoms. The molecule has 13 heteroatoms. The van der Waals surface area contributed by atoms with Crippen LogP contribution in [-0.4, -0.2) is 40.2 Å². The van der Waals surface area contributed by atoms with Crippen LogP contribution in [0.25, 0.3) is 0 Å². The predicted molar refractivity (Wildman–Crippen MR) is 121 cm³/mol. The molecule has 0 aliphatic rings. The molecule has 33 heavy (non-hydrogen) atoms. The normalized spacial score (nSPS) is 10.9. The third kappa shape index (κ3) is 5.09. The molecule has 1 aromatic carbocycles. The summed E-state index contributed by atoms with van der Waals surface area (Å²) in [6, 6.07) is 8.96. The highest BCUT2D eigenvalue weighted by Crippen LogP contribution is 2.21. The summed E-state index contributed by atoms with van der Waals surface area (Å²) in [6.45, 7) is 3.51. The highest BCUT2D eigenvalue weighted by molar-refractivity contribution is 9.10. The highest BCUT2D eigenvalue weighted by atomic mass is 79.9. The van der Waals surface area contributed by atoms with Crippen LogP contribution in [0, 0.1) is 24.0 Å². The molecule has 0 saturated heterocycles. The van der Waals surface area contributed by atoms with E-state index in [1.807, 2.05) is 24.3 Å². The van der Waals surface area contributed by atoms with Gasteiger partial charge in [-0.1, -0.05) is 15.9 Å². The van der Waals surface area contributed by atoms with Crippen molar-refractivity contribution in [2.45, 2.75) is 27.2 Å². The summed E-state index contributed by atoms with van der Waals surface area (Å²) < 4.78 is 11.1. The molecular weight excluding hydrogens is 496 g/mol. The number of ether oxygens (including phenoxy) is 1. The first kappa shape index (κ1) is 22.2. The third-order valence-electron chi connectivity index (χ3n) is 4.75. The number of nitro groups is 1. The number of aryl methyl sites for hydroxylation is 1. The summed E-state index contributed by atoms with van der Waals surface area (Å²) in [5, 5.41) is 26.5. The Morgan fingerprint density at radius 3 is 2.64 bits per heavy atom. The lowest BCUT2D eigenvalue weighted by Crippen LogP contribution is -2.15. The van der Waals surface area contributed by atoms with Crippen LogP contribution in [0.2, 0.25) is 0 Å². The Kier molecular flexibility index (Phi) is 6.22. The number of nitrogens with zero attached hydrogens (tertiary/aromatic N) is 7. The van der Waals surface area contributed by atoms with Gasteiger partial charge in [-0.3, -0.25) is 19.6 Å². The smallest absolute Gasteiger partial charge is 0.312 e. The summed E-state index contributed by atoms with van der Waals surface area (Å²) in [5.74, 6) is 0.277. The van der Waals surface area contributed by atoms with E-state index in [9.17, 15) is 14.9 Å². The van der Waals surface area contributed by atoms with E-state index in [2.05, 4.69) is 36.5 Å². The first-order valence-electron chi connectivity index (χ1n) is 9.74. The average Bonchev–Trinajstić information content (AvgIpc) is 3.48. The van der Waals surface area contributed by atoms with Crippen molar-refractivity contribution in [1.82, 2.24) is 29.3 Å². The Morgan fingerprint density at radius 2 is 1.94 bits per heavy atom. The number of rotatable bonds is 8. The summed E-state index contributed by atoms with van der Waals surface area (Å²) in [7, 11) is 0. The van der Waals surface area contributed by atoms with Gasteiger partial charge in [-0.15, -0.1) is 0 Å². The van der Waals surface area contributed by atoms with E-state index < -0.39 is 10.8 Å². The van der Waals surface area contributed by atoms with Crippen molar-refractivity contribution in [3.8, 4) is 5.75 Å². The monoisotopic (exact) mass is 514 g/mol. The third-order valence-corrected chi connectivity index (χ3v) is 5.27. The zero-order valence-corrected chi connectivity index (χ0v) is 19.3. The van der Waals surface area contributed by atoms with Gasteiger partial charge in [-0.25, -0.2) is 9.36 Å². The Bertz CT molecular complexity index is 1310. The molecule has 0 spiro atoms. The minimum absolute atomic E-state index is 0.0266. The number of hydrogen-bond donors (Lipinski definition) is 1. The number of amides is 1. The molecule has 0 aliphatic carbocycles. The van der Waals surface area contributed by atoms with E-state index in [1.165, 1.54) is 15.6 Å². The van der Waals surface area contributed by atoms with Crippen molar-refractivity contribution < 1.29 is 14.5 Å². The number of aromatic nitrogens is 6. The second kappa shape index (κ2) is 9.24. The molecule has 0 atom stereocenters. The summed E-state index contributed by atoms with van der Waals surface area (Å²) in [4.78, 5) is 23.2. The number of halogens is 1. The Hall–Kier alpha value is -4.00. The van der Waals surface area contributed by atoms with Crippen LogP contribution in [0.3, 0.4) is 0 Å². The fourth-order valence-corrected chi connectivity index (χ4v) is 3.42. The first-order valence-corrected chi connectivity index (χ1v) is 10.5. The summed E-state index contributed by atoms with van der Waals surface area (Å²) in [6.07, 6.45) is 4.75. The molecule has 4 rings (SSSR count). The first-order chi connectivity index (χ1) is 15.8. The van der Waals surface area contributed by atoms with Crippen LogP contribution >= 0.6 is 15.9 Å². The number of carbonyl (C=O) groups is 1. The van der Waals surface area contributed by atoms with Gasteiger partial charge in [0.05, 0.1) is 23.0 Å². The molecule has 1 amide bonds. The number of hydrogen-bond acceptors (Lipinski definition) is 7. The molecule has 12 nitrogen and oxygen atoms in total. The second-order valence-corrected chi connectivity index (χ2v) is 8.02. The fourth-order valence-electron chi connectivity index (χ4n) is 3.15. The summed E-state index contributed by atoms with van der Waals surface area (Å²) in [5.41, 5.74) is 1.38. The standard InChI is InChI=1S/C20H19BrN8O4/c1-13-19(29(31)32)14(2)28(24-13)11-26-8-7-18(25-26)20(30)23-16-9-22-27(10-16)12-33-17-5-3-15(21)4-6-17/h3-10H,11-12H2,1-2H3,(H,23,30). The SMILES string of the molecule is Cc1nn(Cn2ccc(C(=O)Nc3cnn(COc4ccc(Br)cc4)c3)n2)c(C)c1[N+](=O)[O-]. The molecule has 170 valence electrons. The maximum atomic E-state index is 12.5. The van der Waals surface area contributed by atoms with Gasteiger partial charge in [0.25, 0.3) is 5.91 Å². The van der Waals surface area contributed by atoms with E-state index >= 15 is 0 Å². The zero-order valence-electron chi connectivity index (χ0n) is 17.7. The minimum atomic E-state index is -0.458. The quantitative estimate of drug-likeness (QED) is 0.281. The van der Waals surface area contributed by atoms with Crippen molar-refractivity contribution in [2.24, 2.45) is 0 Å². The van der Waals surface area contributed by atoms with Crippen LogP contribution in [0.15, 0.2) is 53.4 Å². The molecule has 0 aliphatic heterocycles. The van der Waals surface area contributed by atoms with Crippen molar-refractivity contribution in [1.29, 1.82) is 0 Å². The number of anilines is 1. The van der Waals surface area contributed by atoms with Gasteiger partial charge in [0.15, 0.2) is 12.4 Å². The van der Waals surface area contributed by atoms with Crippen molar-refractivity contribution in [3.63, 3.8) is 0 Å². The van der Waals surface area contributed by atoms with Crippen LogP contribution in [-0.2, 0) is 13.4 Å². The van der Waals surface area contributed by atoms with E-state index in [4.69, 9.17) is 4.74 Å². The number of nitrogens with one attached hydrogen (secondary N) is 1. The average molecular weight is 515 g/mol. The number of benzene rings is 1. The van der Waals surface area contributed by atoms with Gasteiger partial charge in [0.1, 0.15) is 23.8 Å². The molecule has 1 N–H and O–H groups in total. The Balaban J connectivity index is 1.36. The molecule has 3 heterocycles. The lowest BCUT2D eigenvalue weighted by molar-refractivity contribution is -0.386. The van der Waals surface area contributed by atoms with Gasteiger partial charge >= 0.3 is 5.69 Å². The van der Waals surface area contributed by atoms with E-state index in [-0.39, 0.29) is 24.8 Å². The second-order valence-electron chi connectivity index (χ2n) is 7.11. The Labute approximate surface area is 196 Å². The van der Waals surface area contributed by atoms with Gasteiger partial charge in [0.2, 0.25) is 0 Å². The maximum absolute atomic E-state index is 12.5. The number of carbonyl (C=O) groups excluding carboxylic acids is 1. The lowest BCUT2D eigenvalue weighted by Gasteiger charge is -2.06. The van der Waals surface area contributed by atoms with Crippen molar-refractivity contribution in [3.05, 3.63) is 80.6 Å². The maximum Gasteiger partial charge on any atom is 0.312 e. The van der Waals surface area contributed by atoms with Crippen LogP contribution in [0.1, 0.15) is 21.9 Å². The van der Waals surface area contributed by atoms with Gasteiger partial charge in [-0.05, 0) is 44.2 Å². The van der Waals surface area contributed by atoms with Gasteiger partial charge < -0.3 is 10.1 Å². The fraction of sp³-hybridized carbons (Fsp3) is 0.200.